The molecule has 2 heterocycles. The van der Waals surface area contributed by atoms with E-state index in [4.69, 9.17) is 0 Å². The zero-order chi connectivity index (χ0) is 14.4. The first kappa shape index (κ1) is 14.9. The fourth-order valence-electron chi connectivity index (χ4n) is 2.44. The van der Waals surface area contributed by atoms with Gasteiger partial charge < -0.3 is 4.55 Å². The summed E-state index contributed by atoms with van der Waals surface area (Å²) in [5.74, 6) is 0. The molecular formula is C14H25N3OS. The van der Waals surface area contributed by atoms with Crippen molar-refractivity contribution < 1.29 is 4.55 Å². The van der Waals surface area contributed by atoms with Crippen molar-refractivity contribution in [1.29, 1.82) is 0 Å². The van der Waals surface area contributed by atoms with E-state index in [-0.39, 0.29) is 16.2 Å². The highest BCUT2D eigenvalue weighted by Crippen LogP contribution is 2.44. The third kappa shape index (κ3) is 2.98. The maximum Gasteiger partial charge on any atom is 0.136 e. The van der Waals surface area contributed by atoms with Crippen molar-refractivity contribution in [2.75, 3.05) is 0 Å². The van der Waals surface area contributed by atoms with E-state index >= 15 is 0 Å². The summed E-state index contributed by atoms with van der Waals surface area (Å²) >= 11 is -1.05. The highest BCUT2D eigenvalue weighted by molar-refractivity contribution is 7.90. The molecule has 5 heteroatoms. The summed E-state index contributed by atoms with van der Waals surface area (Å²) in [6.45, 7) is 12.7. The highest BCUT2D eigenvalue weighted by Gasteiger charge is 2.41. The Hall–Kier alpha value is -0.520. The van der Waals surface area contributed by atoms with Gasteiger partial charge in [0.1, 0.15) is 4.75 Å². The minimum absolute atomic E-state index is 0.131. The number of rotatable bonds is 2. The molecule has 0 fully saturated rings. The predicted molar refractivity (Wildman–Crippen MR) is 79.1 cm³/mol. The second-order valence-electron chi connectivity index (χ2n) is 7.37. The van der Waals surface area contributed by atoms with Crippen LogP contribution in [0.1, 0.15) is 65.7 Å². The molecule has 19 heavy (non-hydrogen) atoms. The lowest BCUT2D eigenvalue weighted by molar-refractivity contribution is 0.229. The van der Waals surface area contributed by atoms with Gasteiger partial charge in [0.25, 0.3) is 0 Å². The van der Waals surface area contributed by atoms with Crippen LogP contribution in [0.25, 0.3) is 0 Å². The molecular weight excluding hydrogens is 258 g/mol. The summed E-state index contributed by atoms with van der Waals surface area (Å²) in [4.78, 5) is 0. The summed E-state index contributed by atoms with van der Waals surface area (Å²) in [6, 6.07) is 2.52. The number of nitrogens with zero attached hydrogens (tertiary/aromatic N) is 2. The first-order valence-electron chi connectivity index (χ1n) is 6.82. The van der Waals surface area contributed by atoms with Gasteiger partial charge in [-0.05, 0) is 38.7 Å². The van der Waals surface area contributed by atoms with Crippen LogP contribution in [0.4, 0.5) is 0 Å². The van der Waals surface area contributed by atoms with E-state index in [0.717, 1.165) is 12.1 Å². The maximum atomic E-state index is 12.3. The minimum Gasteiger partial charge on any atom is -0.598 e. The lowest BCUT2D eigenvalue weighted by Crippen LogP contribution is -2.40. The minimum atomic E-state index is -1.05. The number of aromatic nitrogens is 2. The van der Waals surface area contributed by atoms with Crippen molar-refractivity contribution in [3.05, 3.63) is 18.0 Å². The number of nitrogens with one attached hydrogen (secondary N) is 1. The topological polar surface area (TPSA) is 52.9 Å². The molecule has 0 unspecified atom stereocenters. The van der Waals surface area contributed by atoms with E-state index in [0.29, 0.717) is 6.04 Å². The average molecular weight is 283 g/mol. The molecule has 0 aromatic carbocycles. The van der Waals surface area contributed by atoms with Gasteiger partial charge in [-0.1, -0.05) is 20.8 Å². The summed E-state index contributed by atoms with van der Waals surface area (Å²) in [5, 5.41) is 4.44. The number of hydrogen-bond donors (Lipinski definition) is 1. The summed E-state index contributed by atoms with van der Waals surface area (Å²) in [5.41, 5.74) is 1.30. The molecule has 3 atom stereocenters. The summed E-state index contributed by atoms with van der Waals surface area (Å²) in [7, 11) is 0. The largest absolute Gasteiger partial charge is 0.598 e. The Balaban J connectivity index is 2.19. The van der Waals surface area contributed by atoms with Gasteiger partial charge in [0, 0.05) is 17.6 Å². The normalized spacial score (nSPS) is 25.4. The third-order valence-corrected chi connectivity index (χ3v) is 5.23. The lowest BCUT2D eigenvalue weighted by Gasteiger charge is -2.28. The molecule has 1 aromatic heterocycles. The van der Waals surface area contributed by atoms with Crippen LogP contribution < -0.4 is 4.72 Å². The molecule has 1 aliphatic rings. The standard InChI is InChI=1S/C14H25N3OS/c1-13(2,3)12-9-10(11-7-8-15-17(11)12)16-19(18)14(4,5)6/h7-8,10,12,16H,9H2,1-6H3/t10-,12-,19+/m0/s1. The van der Waals surface area contributed by atoms with Gasteiger partial charge in [-0.25, -0.2) is 0 Å². The SMILES string of the molecule is CC(C)(C)[C@@H]1C[C@H](N[S@+]([O-])C(C)(C)C)c2ccnn21. The van der Waals surface area contributed by atoms with Crippen LogP contribution in [-0.4, -0.2) is 19.1 Å². The van der Waals surface area contributed by atoms with E-state index in [1.807, 2.05) is 33.0 Å². The predicted octanol–water partition coefficient (Wildman–Crippen LogP) is 2.97. The lowest BCUT2D eigenvalue weighted by atomic mass is 9.85. The zero-order valence-electron chi connectivity index (χ0n) is 12.7. The molecule has 0 aliphatic carbocycles. The van der Waals surface area contributed by atoms with E-state index in [9.17, 15) is 4.55 Å². The fourth-order valence-corrected chi connectivity index (χ4v) is 3.27. The van der Waals surface area contributed by atoms with Crippen molar-refractivity contribution in [2.45, 2.75) is 64.8 Å². The van der Waals surface area contributed by atoms with Crippen LogP contribution in [-0.2, 0) is 11.4 Å². The van der Waals surface area contributed by atoms with Gasteiger partial charge in [-0.3, -0.25) is 4.68 Å². The average Bonchev–Trinajstić information content (AvgIpc) is 2.77. The maximum absolute atomic E-state index is 12.3. The van der Waals surface area contributed by atoms with Gasteiger partial charge in [0.15, 0.2) is 0 Å². The van der Waals surface area contributed by atoms with Crippen molar-refractivity contribution in [3.63, 3.8) is 0 Å². The Morgan fingerprint density at radius 3 is 2.47 bits per heavy atom. The fraction of sp³-hybridized carbons (Fsp3) is 0.786. The van der Waals surface area contributed by atoms with E-state index in [1.54, 1.807) is 0 Å². The second kappa shape index (κ2) is 4.79. The van der Waals surface area contributed by atoms with Gasteiger partial charge in [0.05, 0.1) is 17.8 Å². The summed E-state index contributed by atoms with van der Waals surface area (Å²) in [6.07, 6.45) is 2.79. The first-order valence-corrected chi connectivity index (χ1v) is 7.97. The zero-order valence-corrected chi connectivity index (χ0v) is 13.5. The molecule has 0 bridgehead atoms. The second-order valence-corrected chi connectivity index (χ2v) is 9.37. The first-order chi connectivity index (χ1) is 8.60. The molecule has 0 radical (unpaired) electrons. The molecule has 0 saturated carbocycles. The van der Waals surface area contributed by atoms with Gasteiger partial charge in [-0.15, -0.1) is 4.72 Å². The molecule has 0 amide bonds. The monoisotopic (exact) mass is 283 g/mol. The molecule has 1 aliphatic heterocycles. The van der Waals surface area contributed by atoms with Crippen molar-refractivity contribution in [2.24, 2.45) is 5.41 Å². The van der Waals surface area contributed by atoms with E-state index in [1.165, 1.54) is 0 Å². The van der Waals surface area contributed by atoms with Crippen molar-refractivity contribution >= 4 is 11.4 Å². The van der Waals surface area contributed by atoms with Crippen LogP contribution in [0.15, 0.2) is 12.3 Å². The van der Waals surface area contributed by atoms with Gasteiger partial charge in [-0.2, -0.15) is 5.10 Å². The van der Waals surface area contributed by atoms with Crippen LogP contribution >= 0.6 is 0 Å². The molecule has 0 spiro atoms. The molecule has 1 N–H and O–H groups in total. The highest BCUT2D eigenvalue weighted by atomic mass is 32.2. The van der Waals surface area contributed by atoms with Gasteiger partial charge in [0.2, 0.25) is 0 Å². The number of hydrogen-bond acceptors (Lipinski definition) is 3. The Bertz CT molecular complexity index is 444. The molecule has 2 rings (SSSR count). The van der Waals surface area contributed by atoms with Crippen LogP contribution in [0.2, 0.25) is 0 Å². The van der Waals surface area contributed by atoms with Crippen molar-refractivity contribution in [3.8, 4) is 0 Å². The van der Waals surface area contributed by atoms with Crippen molar-refractivity contribution in [1.82, 2.24) is 14.5 Å². The van der Waals surface area contributed by atoms with E-state index in [2.05, 4.69) is 35.3 Å². The van der Waals surface area contributed by atoms with Crippen LogP contribution in [0, 0.1) is 5.41 Å². The number of fused-ring (bicyclic) bond motifs is 1. The van der Waals surface area contributed by atoms with E-state index < -0.39 is 11.4 Å². The smallest absolute Gasteiger partial charge is 0.136 e. The van der Waals surface area contributed by atoms with Crippen LogP contribution in [0.3, 0.4) is 0 Å². The molecule has 4 nitrogen and oxygen atoms in total. The van der Waals surface area contributed by atoms with Gasteiger partial charge >= 0.3 is 0 Å². The van der Waals surface area contributed by atoms with Crippen LogP contribution in [0.5, 0.6) is 0 Å². The quantitative estimate of drug-likeness (QED) is 0.849. The third-order valence-electron chi connectivity index (χ3n) is 3.62. The molecule has 1 aromatic rings. The Kier molecular flexibility index (Phi) is 3.75. The Labute approximate surface area is 119 Å². The molecule has 0 saturated heterocycles. The summed E-state index contributed by atoms with van der Waals surface area (Å²) < 4.78 is 17.4. The molecule has 108 valence electrons. The Morgan fingerprint density at radius 2 is 1.95 bits per heavy atom. The Morgan fingerprint density at radius 1 is 1.32 bits per heavy atom.